The fourth-order valence-corrected chi connectivity index (χ4v) is 2.04. The van der Waals surface area contributed by atoms with Gasteiger partial charge in [0.25, 0.3) is 0 Å². The Morgan fingerprint density at radius 1 is 1.44 bits per heavy atom. The van der Waals surface area contributed by atoms with Crippen molar-refractivity contribution in [1.82, 2.24) is 0 Å². The molecule has 4 nitrogen and oxygen atoms in total. The minimum Gasteiger partial charge on any atom is -0.465 e. The number of carbonyl (C=O) groups excluding carboxylic acids is 1. The van der Waals surface area contributed by atoms with Crippen LogP contribution in [0.25, 0.3) is 0 Å². The second-order valence-corrected chi connectivity index (χ2v) is 4.67. The number of methoxy groups -OCH3 is 1. The maximum Gasteiger partial charge on any atom is 0.337 e. The number of benzene rings is 1. The molecule has 1 aromatic carbocycles. The van der Waals surface area contributed by atoms with Crippen LogP contribution in [0, 0.1) is 16.7 Å². The molecule has 0 radical (unpaired) electrons. The van der Waals surface area contributed by atoms with Gasteiger partial charge in [-0.2, -0.15) is 5.26 Å². The van der Waals surface area contributed by atoms with Crippen molar-refractivity contribution in [3.05, 3.63) is 29.8 Å². The molecular formula is C14H16N2O2. The van der Waals surface area contributed by atoms with Crippen molar-refractivity contribution in [2.75, 3.05) is 19.0 Å². The average Bonchev–Trinajstić information content (AvgIpc) is 2.38. The molecule has 0 bridgehead atoms. The Kier molecular flexibility index (Phi) is 3.52. The standard InChI is InChI=1S/C14H16N2O2/c1-18-13(17)11-3-5-12(6-4-11)16-10-14(9-15)7-2-8-14/h3-6,16H,2,7-8,10H2,1H3. The predicted octanol–water partition coefficient (Wildman–Crippen LogP) is 2.58. The summed E-state index contributed by atoms with van der Waals surface area (Å²) in [7, 11) is 1.36. The lowest BCUT2D eigenvalue weighted by Crippen LogP contribution is -2.35. The van der Waals surface area contributed by atoms with E-state index in [-0.39, 0.29) is 11.4 Å². The van der Waals surface area contributed by atoms with E-state index < -0.39 is 0 Å². The summed E-state index contributed by atoms with van der Waals surface area (Å²) in [6.45, 7) is 0.668. The van der Waals surface area contributed by atoms with Crippen molar-refractivity contribution >= 4 is 11.7 Å². The Labute approximate surface area is 107 Å². The summed E-state index contributed by atoms with van der Waals surface area (Å²) < 4.78 is 4.63. The van der Waals surface area contributed by atoms with Crippen molar-refractivity contribution in [3.63, 3.8) is 0 Å². The minimum absolute atomic E-state index is 0.193. The molecule has 0 spiro atoms. The first kappa shape index (κ1) is 12.4. The summed E-state index contributed by atoms with van der Waals surface area (Å²) in [5.74, 6) is -0.339. The van der Waals surface area contributed by atoms with Crippen molar-refractivity contribution in [1.29, 1.82) is 5.26 Å². The van der Waals surface area contributed by atoms with Crippen LogP contribution in [0.3, 0.4) is 0 Å². The van der Waals surface area contributed by atoms with Crippen LogP contribution in [-0.2, 0) is 4.74 Å². The monoisotopic (exact) mass is 244 g/mol. The molecule has 1 aromatic rings. The maximum absolute atomic E-state index is 11.3. The van der Waals surface area contributed by atoms with Crippen LogP contribution in [0.4, 0.5) is 5.69 Å². The highest BCUT2D eigenvalue weighted by atomic mass is 16.5. The number of carbonyl (C=O) groups is 1. The fraction of sp³-hybridized carbons (Fsp3) is 0.429. The SMILES string of the molecule is COC(=O)c1ccc(NCC2(C#N)CCC2)cc1. The van der Waals surface area contributed by atoms with Gasteiger partial charge >= 0.3 is 5.97 Å². The molecule has 0 atom stereocenters. The van der Waals surface area contributed by atoms with Crippen LogP contribution in [-0.4, -0.2) is 19.6 Å². The van der Waals surface area contributed by atoms with Gasteiger partial charge in [-0.05, 0) is 37.1 Å². The number of rotatable bonds is 4. The van der Waals surface area contributed by atoms with E-state index in [1.807, 2.05) is 12.1 Å². The zero-order valence-electron chi connectivity index (χ0n) is 10.4. The van der Waals surface area contributed by atoms with Crippen LogP contribution in [0.15, 0.2) is 24.3 Å². The van der Waals surface area contributed by atoms with Gasteiger partial charge in [0.2, 0.25) is 0 Å². The van der Waals surface area contributed by atoms with Crippen LogP contribution >= 0.6 is 0 Å². The molecule has 0 heterocycles. The molecule has 2 rings (SSSR count). The summed E-state index contributed by atoms with van der Waals surface area (Å²) in [6, 6.07) is 9.48. The van der Waals surface area contributed by atoms with Gasteiger partial charge in [0, 0.05) is 12.2 Å². The van der Waals surface area contributed by atoms with Crippen LogP contribution in [0.2, 0.25) is 0 Å². The lowest BCUT2D eigenvalue weighted by atomic mass is 9.70. The van der Waals surface area contributed by atoms with Gasteiger partial charge in [-0.15, -0.1) is 0 Å². The van der Waals surface area contributed by atoms with E-state index in [1.54, 1.807) is 12.1 Å². The van der Waals surface area contributed by atoms with E-state index >= 15 is 0 Å². The predicted molar refractivity (Wildman–Crippen MR) is 68.2 cm³/mol. The molecule has 0 amide bonds. The molecule has 94 valence electrons. The molecule has 0 aliphatic heterocycles. The van der Waals surface area contributed by atoms with E-state index in [2.05, 4.69) is 16.1 Å². The van der Waals surface area contributed by atoms with E-state index in [1.165, 1.54) is 7.11 Å². The molecule has 18 heavy (non-hydrogen) atoms. The first-order valence-corrected chi connectivity index (χ1v) is 6.03. The van der Waals surface area contributed by atoms with Crippen LogP contribution in [0.1, 0.15) is 29.6 Å². The summed E-state index contributed by atoms with van der Waals surface area (Å²) in [5, 5.41) is 12.4. The molecule has 1 fully saturated rings. The molecule has 1 saturated carbocycles. The molecule has 1 N–H and O–H groups in total. The van der Waals surface area contributed by atoms with E-state index in [0.717, 1.165) is 24.9 Å². The van der Waals surface area contributed by atoms with Gasteiger partial charge < -0.3 is 10.1 Å². The molecule has 1 aliphatic rings. The highest BCUT2D eigenvalue weighted by molar-refractivity contribution is 5.89. The quantitative estimate of drug-likeness (QED) is 0.827. The molecule has 0 unspecified atom stereocenters. The van der Waals surface area contributed by atoms with Gasteiger partial charge in [0.15, 0.2) is 0 Å². The topological polar surface area (TPSA) is 62.1 Å². The zero-order chi connectivity index (χ0) is 13.0. The smallest absolute Gasteiger partial charge is 0.337 e. The van der Waals surface area contributed by atoms with E-state index in [9.17, 15) is 4.79 Å². The number of nitrogens with zero attached hydrogens (tertiary/aromatic N) is 1. The second-order valence-electron chi connectivity index (χ2n) is 4.67. The normalized spacial score (nSPS) is 16.2. The summed E-state index contributed by atoms with van der Waals surface area (Å²) in [5.41, 5.74) is 1.26. The molecular weight excluding hydrogens is 228 g/mol. The van der Waals surface area contributed by atoms with Gasteiger partial charge in [-0.25, -0.2) is 4.79 Å². The average molecular weight is 244 g/mol. The van der Waals surface area contributed by atoms with Crippen molar-refractivity contribution in [2.45, 2.75) is 19.3 Å². The Morgan fingerprint density at radius 3 is 2.56 bits per heavy atom. The van der Waals surface area contributed by atoms with Gasteiger partial charge in [0.05, 0.1) is 24.2 Å². The number of hydrogen-bond acceptors (Lipinski definition) is 4. The van der Waals surface area contributed by atoms with Crippen LogP contribution < -0.4 is 5.32 Å². The van der Waals surface area contributed by atoms with Gasteiger partial charge in [-0.1, -0.05) is 6.42 Å². The highest BCUT2D eigenvalue weighted by Gasteiger charge is 2.36. The van der Waals surface area contributed by atoms with E-state index in [4.69, 9.17) is 5.26 Å². The fourth-order valence-electron chi connectivity index (χ4n) is 2.04. The Balaban J connectivity index is 1.95. The highest BCUT2D eigenvalue weighted by Crippen LogP contribution is 2.40. The summed E-state index contributed by atoms with van der Waals surface area (Å²) in [4.78, 5) is 11.3. The summed E-state index contributed by atoms with van der Waals surface area (Å²) >= 11 is 0. The Hall–Kier alpha value is -2.02. The number of anilines is 1. The number of nitriles is 1. The van der Waals surface area contributed by atoms with Gasteiger partial charge in [-0.3, -0.25) is 0 Å². The largest absolute Gasteiger partial charge is 0.465 e. The number of ether oxygens (including phenoxy) is 1. The zero-order valence-corrected chi connectivity index (χ0v) is 10.4. The summed E-state index contributed by atoms with van der Waals surface area (Å²) in [6.07, 6.45) is 3.07. The third-order valence-electron chi connectivity index (χ3n) is 3.48. The Bertz CT molecular complexity index is 470. The molecule has 1 aliphatic carbocycles. The number of nitrogens with one attached hydrogen (secondary N) is 1. The number of esters is 1. The van der Waals surface area contributed by atoms with Crippen molar-refractivity contribution in [3.8, 4) is 6.07 Å². The van der Waals surface area contributed by atoms with Crippen molar-refractivity contribution < 1.29 is 9.53 Å². The lowest BCUT2D eigenvalue weighted by Gasteiger charge is -2.35. The number of hydrogen-bond donors (Lipinski definition) is 1. The minimum atomic E-state index is -0.339. The molecule has 0 saturated heterocycles. The Morgan fingerprint density at radius 2 is 2.11 bits per heavy atom. The maximum atomic E-state index is 11.3. The van der Waals surface area contributed by atoms with Gasteiger partial charge in [0.1, 0.15) is 0 Å². The third-order valence-corrected chi connectivity index (χ3v) is 3.48. The van der Waals surface area contributed by atoms with E-state index in [0.29, 0.717) is 12.1 Å². The third kappa shape index (κ3) is 2.45. The second kappa shape index (κ2) is 5.09. The molecule has 4 heteroatoms. The van der Waals surface area contributed by atoms with Crippen LogP contribution in [0.5, 0.6) is 0 Å². The molecule has 0 aromatic heterocycles. The first-order chi connectivity index (χ1) is 8.69. The first-order valence-electron chi connectivity index (χ1n) is 6.03. The lowest BCUT2D eigenvalue weighted by molar-refractivity contribution is 0.0601. The van der Waals surface area contributed by atoms with Crippen molar-refractivity contribution in [2.24, 2.45) is 5.41 Å².